The highest BCUT2D eigenvalue weighted by Crippen LogP contribution is 2.24. The van der Waals surface area contributed by atoms with Crippen molar-refractivity contribution in [2.24, 2.45) is 0 Å². The minimum absolute atomic E-state index is 0.0390. The second-order valence-electron chi connectivity index (χ2n) is 8.74. The number of hydrogen-bond acceptors (Lipinski definition) is 5. The molecule has 2 aromatic heterocycles. The minimum Gasteiger partial charge on any atom is -0.492 e. The van der Waals surface area contributed by atoms with Crippen LogP contribution in [0, 0.1) is 0 Å². The number of imidazole rings is 1. The molecule has 1 N–H and O–H groups in total. The lowest BCUT2D eigenvalue weighted by Crippen LogP contribution is -2.23. The van der Waals surface area contributed by atoms with Gasteiger partial charge in [-0.2, -0.15) is 0 Å². The molecule has 0 aliphatic carbocycles. The third kappa shape index (κ3) is 4.21. The number of fused-ring (bicyclic) bond motifs is 3. The van der Waals surface area contributed by atoms with Crippen molar-refractivity contribution in [1.82, 2.24) is 19.2 Å². The third-order valence-corrected chi connectivity index (χ3v) is 5.44. The number of carboxylic acid groups (broad SMARTS) is 1. The number of nitrogens with zero attached hydrogens (tertiary/aromatic N) is 4. The largest absolute Gasteiger partial charge is 0.492 e. The van der Waals surface area contributed by atoms with Gasteiger partial charge in [-0.25, -0.2) is 4.40 Å². The summed E-state index contributed by atoms with van der Waals surface area (Å²) in [6, 6.07) is 15.6. The summed E-state index contributed by atoms with van der Waals surface area (Å²) in [6.45, 7) is 7.37. The summed E-state index contributed by atoms with van der Waals surface area (Å²) < 4.78 is 9.34. The molecule has 0 radical (unpaired) electrons. The molecule has 32 heavy (non-hydrogen) atoms. The van der Waals surface area contributed by atoms with E-state index in [0.29, 0.717) is 24.4 Å². The molecule has 0 saturated heterocycles. The maximum absolute atomic E-state index is 13.0. The molecular weight excluding hydrogens is 408 g/mol. The first-order valence-corrected chi connectivity index (χ1v) is 10.6. The van der Waals surface area contributed by atoms with Crippen LogP contribution in [-0.2, 0) is 23.2 Å². The van der Waals surface area contributed by atoms with Crippen LogP contribution < -0.4 is 10.3 Å². The number of benzene rings is 2. The molecule has 0 saturated carbocycles. The fourth-order valence-corrected chi connectivity index (χ4v) is 3.70. The molecule has 2 heterocycles. The molecule has 8 nitrogen and oxygen atoms in total. The van der Waals surface area contributed by atoms with Crippen molar-refractivity contribution in [3.05, 3.63) is 70.1 Å². The van der Waals surface area contributed by atoms with Crippen LogP contribution in [0.15, 0.2) is 53.3 Å². The Labute approximate surface area is 185 Å². The number of aliphatic carboxylic acids is 1. The van der Waals surface area contributed by atoms with E-state index in [-0.39, 0.29) is 29.5 Å². The molecule has 0 bridgehead atoms. The van der Waals surface area contributed by atoms with Gasteiger partial charge >= 0.3 is 5.97 Å². The van der Waals surface area contributed by atoms with Gasteiger partial charge in [0.1, 0.15) is 18.1 Å². The summed E-state index contributed by atoms with van der Waals surface area (Å²) >= 11 is 0. The molecule has 4 rings (SSSR count). The van der Waals surface area contributed by atoms with Gasteiger partial charge in [0.05, 0.1) is 24.0 Å². The normalized spacial score (nSPS) is 11.8. The predicted molar refractivity (Wildman–Crippen MR) is 121 cm³/mol. The van der Waals surface area contributed by atoms with Crippen LogP contribution in [0.25, 0.3) is 16.8 Å². The second-order valence-corrected chi connectivity index (χ2v) is 8.74. The summed E-state index contributed by atoms with van der Waals surface area (Å²) in [4.78, 5) is 23.9. The van der Waals surface area contributed by atoms with E-state index >= 15 is 0 Å². The van der Waals surface area contributed by atoms with E-state index in [1.807, 2.05) is 41.0 Å². The lowest BCUT2D eigenvalue weighted by atomic mass is 9.87. The molecule has 0 atom stereocenters. The molecule has 2 aromatic carbocycles. The highest BCUT2D eigenvalue weighted by atomic mass is 16.5. The number of carbonyl (C=O) groups is 1. The summed E-state index contributed by atoms with van der Waals surface area (Å²) in [5.74, 6) is 0.200. The Morgan fingerprint density at radius 1 is 1.03 bits per heavy atom. The van der Waals surface area contributed by atoms with Crippen LogP contribution in [0.2, 0.25) is 0 Å². The number of rotatable bonds is 7. The van der Waals surface area contributed by atoms with E-state index in [1.165, 1.54) is 9.96 Å². The monoisotopic (exact) mass is 434 g/mol. The van der Waals surface area contributed by atoms with E-state index in [9.17, 15) is 9.59 Å². The van der Waals surface area contributed by atoms with Crippen LogP contribution >= 0.6 is 0 Å². The van der Waals surface area contributed by atoms with Gasteiger partial charge < -0.3 is 14.4 Å². The van der Waals surface area contributed by atoms with Gasteiger partial charge in [-0.3, -0.25) is 9.59 Å². The first-order valence-electron chi connectivity index (χ1n) is 10.6. The standard InChI is InChI=1S/C24H26N4O4/c1-24(2,3)16-8-10-17(11-9-16)32-15-14-27-19-6-4-5-7-20(19)28-22(31)18(12-13-21(29)30)25-26-23(27)28/h4-11H,12-15H2,1-3H3,(H,29,30). The molecule has 166 valence electrons. The lowest BCUT2D eigenvalue weighted by Gasteiger charge is -2.19. The van der Waals surface area contributed by atoms with Crippen molar-refractivity contribution in [1.29, 1.82) is 0 Å². The van der Waals surface area contributed by atoms with Crippen LogP contribution in [-0.4, -0.2) is 36.8 Å². The van der Waals surface area contributed by atoms with Crippen molar-refractivity contribution in [3.8, 4) is 5.75 Å². The Morgan fingerprint density at radius 2 is 1.72 bits per heavy atom. The molecule has 4 aromatic rings. The van der Waals surface area contributed by atoms with Gasteiger partial charge in [-0.1, -0.05) is 45.0 Å². The first-order chi connectivity index (χ1) is 15.3. The summed E-state index contributed by atoms with van der Waals surface area (Å²) in [5, 5.41) is 17.2. The molecule has 0 amide bonds. The summed E-state index contributed by atoms with van der Waals surface area (Å²) in [5.41, 5.74) is 2.65. The summed E-state index contributed by atoms with van der Waals surface area (Å²) in [6.07, 6.45) is -0.131. The highest BCUT2D eigenvalue weighted by Gasteiger charge is 2.17. The van der Waals surface area contributed by atoms with Gasteiger partial charge in [-0.15, -0.1) is 10.2 Å². The van der Waals surface area contributed by atoms with E-state index in [0.717, 1.165) is 11.3 Å². The average Bonchev–Trinajstić information content (AvgIpc) is 3.07. The van der Waals surface area contributed by atoms with Gasteiger partial charge in [0, 0.05) is 6.42 Å². The number of aryl methyl sites for hydroxylation is 1. The van der Waals surface area contributed by atoms with E-state index in [2.05, 4.69) is 43.1 Å². The number of para-hydroxylation sites is 2. The Kier molecular flexibility index (Phi) is 5.69. The predicted octanol–water partition coefficient (Wildman–Crippen LogP) is 3.44. The van der Waals surface area contributed by atoms with E-state index in [4.69, 9.17) is 9.84 Å². The van der Waals surface area contributed by atoms with Crippen molar-refractivity contribution in [2.75, 3.05) is 6.61 Å². The van der Waals surface area contributed by atoms with Crippen molar-refractivity contribution in [2.45, 2.75) is 45.6 Å². The molecule has 0 fully saturated rings. The third-order valence-electron chi connectivity index (χ3n) is 5.44. The highest BCUT2D eigenvalue weighted by molar-refractivity contribution is 5.80. The van der Waals surface area contributed by atoms with E-state index in [1.54, 1.807) is 0 Å². The zero-order valence-electron chi connectivity index (χ0n) is 18.4. The smallest absolute Gasteiger partial charge is 0.303 e. The van der Waals surface area contributed by atoms with Gasteiger partial charge in [0.2, 0.25) is 5.78 Å². The van der Waals surface area contributed by atoms with Gasteiger partial charge in [0.15, 0.2) is 0 Å². The lowest BCUT2D eigenvalue weighted by molar-refractivity contribution is -0.136. The van der Waals surface area contributed by atoms with Gasteiger partial charge in [0.25, 0.3) is 5.56 Å². The molecule has 8 heteroatoms. The number of ether oxygens (including phenoxy) is 1. The zero-order chi connectivity index (χ0) is 22.9. The van der Waals surface area contributed by atoms with Crippen LogP contribution in [0.5, 0.6) is 5.75 Å². The fourth-order valence-electron chi connectivity index (χ4n) is 3.70. The maximum Gasteiger partial charge on any atom is 0.303 e. The number of hydrogen-bond donors (Lipinski definition) is 1. The fraction of sp³-hybridized carbons (Fsp3) is 0.333. The molecule has 0 aliphatic rings. The Hall–Kier alpha value is -3.68. The van der Waals surface area contributed by atoms with Gasteiger partial charge in [-0.05, 0) is 35.2 Å². The number of aromatic nitrogens is 4. The first kappa shape index (κ1) is 21.5. The van der Waals surface area contributed by atoms with Crippen LogP contribution in [0.3, 0.4) is 0 Å². The Morgan fingerprint density at radius 3 is 2.38 bits per heavy atom. The van der Waals surface area contributed by atoms with Crippen molar-refractivity contribution >= 4 is 22.8 Å². The minimum atomic E-state index is -0.980. The average molecular weight is 434 g/mol. The second kappa shape index (κ2) is 8.45. The SMILES string of the molecule is CC(C)(C)c1ccc(OCCn2c3ccccc3n3c(=O)c(CCC(=O)O)nnc23)cc1. The molecule has 0 aliphatic heterocycles. The maximum atomic E-state index is 13.0. The van der Waals surface area contributed by atoms with E-state index < -0.39 is 5.97 Å². The quantitative estimate of drug-likeness (QED) is 0.478. The molecule has 0 unspecified atom stereocenters. The van der Waals surface area contributed by atoms with Crippen molar-refractivity contribution < 1.29 is 14.6 Å². The Bertz CT molecular complexity index is 1330. The molecular formula is C24H26N4O4. The summed E-state index contributed by atoms with van der Waals surface area (Å²) in [7, 11) is 0. The zero-order valence-corrected chi connectivity index (χ0v) is 18.4. The molecule has 0 spiro atoms. The topological polar surface area (TPSA) is 98.7 Å². The van der Waals surface area contributed by atoms with Crippen molar-refractivity contribution in [3.63, 3.8) is 0 Å². The van der Waals surface area contributed by atoms with Crippen LogP contribution in [0.1, 0.15) is 38.4 Å². The van der Waals surface area contributed by atoms with Crippen LogP contribution in [0.4, 0.5) is 0 Å². The Balaban J connectivity index is 1.61. The number of carboxylic acids is 1.